The molecule has 0 bridgehead atoms. The van der Waals surface area contributed by atoms with E-state index in [4.69, 9.17) is 16.9 Å². The maximum atomic E-state index is 8.73. The smallest absolute Gasteiger partial charge is 0.147 e. The summed E-state index contributed by atoms with van der Waals surface area (Å²) in [5.74, 6) is 0.434. The average Bonchev–Trinajstić information content (AvgIpc) is 2.30. The summed E-state index contributed by atoms with van der Waals surface area (Å²) >= 11 is 5.89. The quantitative estimate of drug-likeness (QED) is 0.739. The van der Waals surface area contributed by atoms with Crippen LogP contribution in [0.4, 0.5) is 0 Å². The van der Waals surface area contributed by atoms with Gasteiger partial charge in [-0.15, -0.1) is 0 Å². The molecule has 1 atom stereocenters. The third kappa shape index (κ3) is 2.28. The predicted molar refractivity (Wildman–Crippen MR) is 58.8 cm³/mol. The molecule has 2 rings (SSSR count). The van der Waals surface area contributed by atoms with Crippen molar-refractivity contribution in [2.75, 3.05) is 13.1 Å². The Bertz CT molecular complexity index is 391. The van der Waals surface area contributed by atoms with Crippen LogP contribution in [-0.4, -0.2) is 18.1 Å². The first-order valence-electron chi connectivity index (χ1n) is 5.08. The Kier molecular flexibility index (Phi) is 3.20. The van der Waals surface area contributed by atoms with Crippen LogP contribution in [-0.2, 0) is 0 Å². The summed E-state index contributed by atoms with van der Waals surface area (Å²) in [6, 6.07) is 5.67. The average molecular weight is 222 g/mol. The van der Waals surface area contributed by atoms with Gasteiger partial charge in [0.05, 0.1) is 5.56 Å². The highest BCUT2D eigenvalue weighted by Gasteiger charge is 2.17. The Balaban J connectivity index is 2.22. The van der Waals surface area contributed by atoms with Crippen molar-refractivity contribution >= 4 is 11.6 Å². The van der Waals surface area contributed by atoms with Crippen molar-refractivity contribution in [2.45, 2.75) is 18.8 Å². The Morgan fingerprint density at radius 3 is 3.00 bits per heavy atom. The van der Waals surface area contributed by atoms with E-state index in [0.717, 1.165) is 25.2 Å². The molecule has 1 aliphatic rings. The second-order valence-corrected chi connectivity index (χ2v) is 4.09. The minimum atomic E-state index is 0.320. The fraction of sp³-hybridized carbons (Fsp3) is 0.455. The molecule has 0 amide bonds. The highest BCUT2D eigenvalue weighted by Crippen LogP contribution is 2.23. The fourth-order valence-electron chi connectivity index (χ4n) is 1.86. The van der Waals surface area contributed by atoms with Gasteiger partial charge in [-0.05, 0) is 31.5 Å². The van der Waals surface area contributed by atoms with E-state index < -0.39 is 0 Å². The summed E-state index contributed by atoms with van der Waals surface area (Å²) in [7, 11) is 0. The number of rotatable bonds is 1. The van der Waals surface area contributed by atoms with Gasteiger partial charge in [0.1, 0.15) is 11.2 Å². The third-order valence-corrected chi connectivity index (χ3v) is 2.99. The van der Waals surface area contributed by atoms with E-state index in [0.29, 0.717) is 16.6 Å². The van der Waals surface area contributed by atoms with Gasteiger partial charge in [-0.2, -0.15) is 5.26 Å². The van der Waals surface area contributed by atoms with Crippen LogP contribution in [0, 0.1) is 11.3 Å². The Morgan fingerprint density at radius 2 is 2.40 bits per heavy atom. The summed E-state index contributed by atoms with van der Waals surface area (Å²) in [5.41, 5.74) is 1.44. The van der Waals surface area contributed by atoms with Gasteiger partial charge in [0.25, 0.3) is 0 Å². The van der Waals surface area contributed by atoms with E-state index >= 15 is 0 Å². The number of nitrogens with one attached hydrogen (secondary N) is 1. The maximum Gasteiger partial charge on any atom is 0.147 e. The van der Waals surface area contributed by atoms with Crippen LogP contribution in [0.2, 0.25) is 5.15 Å². The molecule has 1 unspecified atom stereocenters. The summed E-state index contributed by atoms with van der Waals surface area (Å²) in [6.45, 7) is 2.04. The molecule has 1 N–H and O–H groups in total. The SMILES string of the molecule is N#Cc1ccc(C2CCCNC2)nc1Cl. The zero-order chi connectivity index (χ0) is 10.7. The molecule has 1 saturated heterocycles. The summed E-state index contributed by atoms with van der Waals surface area (Å²) in [4.78, 5) is 4.27. The molecule has 1 fully saturated rings. The minimum Gasteiger partial charge on any atom is -0.316 e. The van der Waals surface area contributed by atoms with Crippen LogP contribution in [0.5, 0.6) is 0 Å². The lowest BCUT2D eigenvalue weighted by Crippen LogP contribution is -2.28. The molecule has 1 aromatic heterocycles. The zero-order valence-electron chi connectivity index (χ0n) is 8.33. The van der Waals surface area contributed by atoms with Crippen molar-refractivity contribution in [3.05, 3.63) is 28.5 Å². The van der Waals surface area contributed by atoms with Gasteiger partial charge in [0.2, 0.25) is 0 Å². The van der Waals surface area contributed by atoms with Gasteiger partial charge in [-0.3, -0.25) is 0 Å². The number of halogens is 1. The number of nitrogens with zero attached hydrogens (tertiary/aromatic N) is 2. The van der Waals surface area contributed by atoms with E-state index in [1.54, 1.807) is 6.07 Å². The minimum absolute atomic E-state index is 0.320. The number of hydrogen-bond acceptors (Lipinski definition) is 3. The van der Waals surface area contributed by atoms with Crippen molar-refractivity contribution in [1.29, 1.82) is 5.26 Å². The topological polar surface area (TPSA) is 48.7 Å². The van der Waals surface area contributed by atoms with Gasteiger partial charge in [-0.1, -0.05) is 11.6 Å². The largest absolute Gasteiger partial charge is 0.316 e. The lowest BCUT2D eigenvalue weighted by Gasteiger charge is -2.22. The van der Waals surface area contributed by atoms with Crippen molar-refractivity contribution in [2.24, 2.45) is 0 Å². The van der Waals surface area contributed by atoms with E-state index in [9.17, 15) is 0 Å². The lowest BCUT2D eigenvalue weighted by atomic mass is 9.95. The van der Waals surface area contributed by atoms with Crippen molar-refractivity contribution < 1.29 is 0 Å². The molecule has 15 heavy (non-hydrogen) atoms. The molecule has 78 valence electrons. The van der Waals surface area contributed by atoms with Crippen LogP contribution in [0.1, 0.15) is 30.0 Å². The standard InChI is InChI=1S/C11H12ClN3/c12-11-8(6-13)3-4-10(15-11)9-2-1-5-14-7-9/h3-4,9,14H,1-2,5,7H2. The van der Waals surface area contributed by atoms with E-state index in [1.165, 1.54) is 6.42 Å². The first-order chi connectivity index (χ1) is 7.31. The van der Waals surface area contributed by atoms with Crippen LogP contribution >= 0.6 is 11.6 Å². The lowest BCUT2D eigenvalue weighted by molar-refractivity contribution is 0.454. The molecule has 0 saturated carbocycles. The molecule has 1 aromatic rings. The Morgan fingerprint density at radius 1 is 1.53 bits per heavy atom. The number of nitriles is 1. The molecule has 0 aliphatic carbocycles. The molecule has 2 heterocycles. The fourth-order valence-corrected chi connectivity index (χ4v) is 2.07. The highest BCUT2D eigenvalue weighted by atomic mass is 35.5. The summed E-state index contributed by atoms with van der Waals surface area (Å²) < 4.78 is 0. The van der Waals surface area contributed by atoms with E-state index in [1.807, 2.05) is 12.1 Å². The van der Waals surface area contributed by atoms with Crippen LogP contribution < -0.4 is 5.32 Å². The van der Waals surface area contributed by atoms with Crippen molar-refractivity contribution in [3.63, 3.8) is 0 Å². The van der Waals surface area contributed by atoms with Crippen molar-refractivity contribution in [1.82, 2.24) is 10.3 Å². The molecule has 1 aliphatic heterocycles. The zero-order valence-corrected chi connectivity index (χ0v) is 9.09. The normalized spacial score (nSPS) is 20.9. The summed E-state index contributed by atoms with van der Waals surface area (Å²) in [6.07, 6.45) is 2.31. The molecule has 0 spiro atoms. The van der Waals surface area contributed by atoms with Crippen LogP contribution in [0.3, 0.4) is 0 Å². The Hall–Kier alpha value is -1.11. The molecular weight excluding hydrogens is 210 g/mol. The monoisotopic (exact) mass is 221 g/mol. The summed E-state index contributed by atoms with van der Waals surface area (Å²) in [5, 5.41) is 12.4. The molecule has 0 radical (unpaired) electrons. The van der Waals surface area contributed by atoms with Gasteiger partial charge in [0, 0.05) is 18.2 Å². The van der Waals surface area contributed by atoms with Gasteiger partial charge in [0.15, 0.2) is 0 Å². The number of aromatic nitrogens is 1. The number of pyridine rings is 1. The number of piperidine rings is 1. The predicted octanol–water partition coefficient (Wildman–Crippen LogP) is 2.07. The van der Waals surface area contributed by atoms with Crippen LogP contribution in [0.15, 0.2) is 12.1 Å². The number of hydrogen-bond donors (Lipinski definition) is 1. The third-order valence-electron chi connectivity index (χ3n) is 2.71. The van der Waals surface area contributed by atoms with Gasteiger partial charge in [-0.25, -0.2) is 4.98 Å². The second-order valence-electron chi connectivity index (χ2n) is 3.73. The van der Waals surface area contributed by atoms with E-state index in [-0.39, 0.29) is 0 Å². The highest BCUT2D eigenvalue weighted by molar-refractivity contribution is 6.30. The Labute approximate surface area is 94.1 Å². The first-order valence-corrected chi connectivity index (χ1v) is 5.46. The van der Waals surface area contributed by atoms with Crippen LogP contribution in [0.25, 0.3) is 0 Å². The molecule has 3 nitrogen and oxygen atoms in total. The first kappa shape index (κ1) is 10.4. The maximum absolute atomic E-state index is 8.73. The van der Waals surface area contributed by atoms with Gasteiger partial charge < -0.3 is 5.32 Å². The molecule has 0 aromatic carbocycles. The second kappa shape index (κ2) is 4.61. The van der Waals surface area contributed by atoms with Gasteiger partial charge >= 0.3 is 0 Å². The molecular formula is C11H12ClN3. The molecule has 4 heteroatoms. The van der Waals surface area contributed by atoms with Crippen molar-refractivity contribution in [3.8, 4) is 6.07 Å². The van der Waals surface area contributed by atoms with E-state index in [2.05, 4.69) is 10.3 Å².